The SMILES string of the molecule is [2H]C([2H])([2H])C1=C(CCCCCCCC([2H])([2H])C([2H])([2H])CO)C(=O)C(OC)=C(OC)C1=O. The smallest absolute Gasteiger partial charge is 0.228 e. The number of aliphatic hydroxyl groups is 1. The first-order chi connectivity index (χ1) is 14.2. The highest BCUT2D eigenvalue weighted by Gasteiger charge is 2.34. The van der Waals surface area contributed by atoms with Crippen molar-refractivity contribution < 1.29 is 33.8 Å². The first-order valence-electron chi connectivity index (χ1n) is 11.5. The summed E-state index contributed by atoms with van der Waals surface area (Å²) in [5.74, 6) is -2.28. The Morgan fingerprint density at radius 3 is 2.08 bits per heavy atom. The Bertz CT molecular complexity index is 738. The average molecular weight is 345 g/mol. The largest absolute Gasteiger partial charge is 0.489 e. The van der Waals surface area contributed by atoms with Crippen LogP contribution in [-0.2, 0) is 19.1 Å². The number of ether oxygens (including phenoxy) is 2. The van der Waals surface area contributed by atoms with Gasteiger partial charge in [0.2, 0.25) is 23.1 Å². The Balaban J connectivity index is 2.71. The molecule has 0 aromatic heterocycles. The molecular weight excluding hydrogens is 308 g/mol. The number of methoxy groups -OCH3 is 2. The minimum atomic E-state index is -2.78. The predicted octanol–water partition coefficient (Wildman–Crippen LogP) is 3.46. The number of hydrogen-bond donors (Lipinski definition) is 1. The highest BCUT2D eigenvalue weighted by Crippen LogP contribution is 2.28. The van der Waals surface area contributed by atoms with Gasteiger partial charge in [-0.1, -0.05) is 38.5 Å². The zero-order valence-corrected chi connectivity index (χ0v) is 14.2. The average Bonchev–Trinajstić information content (AvgIpc) is 2.67. The van der Waals surface area contributed by atoms with E-state index in [9.17, 15) is 9.59 Å². The molecule has 0 saturated carbocycles. The second kappa shape index (κ2) is 11.0. The number of carbonyl (C=O) groups is 2. The topological polar surface area (TPSA) is 72.8 Å². The monoisotopic (exact) mass is 345 g/mol. The summed E-state index contributed by atoms with van der Waals surface area (Å²) in [5.41, 5.74) is -0.648. The fourth-order valence-corrected chi connectivity index (χ4v) is 2.51. The molecule has 0 aliphatic heterocycles. The summed E-state index contributed by atoms with van der Waals surface area (Å²) in [7, 11) is 2.37. The van der Waals surface area contributed by atoms with E-state index in [0.717, 1.165) is 7.11 Å². The molecule has 1 aliphatic rings. The lowest BCUT2D eigenvalue weighted by molar-refractivity contribution is -0.121. The predicted molar refractivity (Wildman–Crippen MR) is 92.4 cm³/mol. The number of unbranched alkanes of at least 4 members (excludes halogenated alkanes) is 4. The third-order valence-corrected chi connectivity index (χ3v) is 3.76. The van der Waals surface area contributed by atoms with Crippen LogP contribution >= 0.6 is 0 Å². The quantitative estimate of drug-likeness (QED) is 0.433. The molecule has 0 bridgehead atoms. The maximum absolute atomic E-state index is 12.7. The van der Waals surface area contributed by atoms with E-state index in [1.54, 1.807) is 0 Å². The van der Waals surface area contributed by atoms with Crippen molar-refractivity contribution in [3.05, 3.63) is 22.7 Å². The van der Waals surface area contributed by atoms with Gasteiger partial charge in [0.1, 0.15) is 0 Å². The van der Waals surface area contributed by atoms with Gasteiger partial charge in [0, 0.05) is 27.3 Å². The van der Waals surface area contributed by atoms with Crippen LogP contribution in [0.5, 0.6) is 0 Å². The Labute approximate surface area is 154 Å². The summed E-state index contributed by atoms with van der Waals surface area (Å²) < 4.78 is 63.4. The number of rotatable bonds is 12. The number of allylic oxidation sites excluding steroid dienone is 2. The molecule has 1 aliphatic carbocycles. The van der Waals surface area contributed by atoms with Gasteiger partial charge in [0.25, 0.3) is 0 Å². The lowest BCUT2D eigenvalue weighted by Crippen LogP contribution is -2.25. The van der Waals surface area contributed by atoms with Crippen molar-refractivity contribution in [3.8, 4) is 0 Å². The molecule has 136 valence electrons. The maximum atomic E-state index is 12.7. The van der Waals surface area contributed by atoms with Gasteiger partial charge in [-0.2, -0.15) is 0 Å². The van der Waals surface area contributed by atoms with Gasteiger partial charge >= 0.3 is 0 Å². The standard InChI is InChI=1S/C19H30O5/c1-14-15(12-10-8-6-4-5-7-9-11-13-20)17(22)19(24-3)18(23-2)16(14)21/h20H,4-13H2,1-3H3/i1D3,9D2,11D2. The van der Waals surface area contributed by atoms with E-state index < -0.39 is 49.1 Å². The van der Waals surface area contributed by atoms with Gasteiger partial charge in [-0.05, 0) is 26.1 Å². The molecule has 0 aromatic rings. The molecule has 1 N–H and O–H groups in total. The molecule has 0 fully saturated rings. The molecular formula is C19H30O5. The van der Waals surface area contributed by atoms with Crippen molar-refractivity contribution in [1.29, 1.82) is 0 Å². The van der Waals surface area contributed by atoms with Crippen molar-refractivity contribution in [2.45, 2.75) is 64.5 Å². The van der Waals surface area contributed by atoms with Crippen molar-refractivity contribution in [2.24, 2.45) is 0 Å². The van der Waals surface area contributed by atoms with Crippen LogP contribution in [0.25, 0.3) is 0 Å². The summed E-state index contributed by atoms with van der Waals surface area (Å²) in [5, 5.41) is 8.98. The van der Waals surface area contributed by atoms with Crippen LogP contribution in [0.2, 0.25) is 0 Å². The van der Waals surface area contributed by atoms with Crippen LogP contribution in [-0.4, -0.2) is 37.5 Å². The van der Waals surface area contributed by atoms with Crippen LogP contribution in [0, 0.1) is 0 Å². The van der Waals surface area contributed by atoms with E-state index in [0.29, 0.717) is 32.1 Å². The number of carbonyl (C=O) groups excluding carboxylic acids is 2. The highest BCUT2D eigenvalue weighted by atomic mass is 16.5. The number of ketones is 2. The lowest BCUT2D eigenvalue weighted by Gasteiger charge is -2.20. The van der Waals surface area contributed by atoms with Crippen molar-refractivity contribution >= 4 is 11.6 Å². The van der Waals surface area contributed by atoms with Gasteiger partial charge in [0.05, 0.1) is 14.2 Å². The summed E-state index contributed by atoms with van der Waals surface area (Å²) in [6, 6.07) is 0. The number of aliphatic hydroxyl groups excluding tert-OH is 1. The van der Waals surface area contributed by atoms with Gasteiger partial charge in [-0.15, -0.1) is 0 Å². The van der Waals surface area contributed by atoms with Gasteiger partial charge < -0.3 is 14.6 Å². The van der Waals surface area contributed by atoms with E-state index in [4.69, 9.17) is 24.2 Å². The second-order valence-corrected chi connectivity index (χ2v) is 5.36. The Morgan fingerprint density at radius 2 is 1.50 bits per heavy atom. The Kier molecular flexibility index (Phi) is 5.44. The summed E-state index contributed by atoms with van der Waals surface area (Å²) in [6.45, 7) is -3.67. The Morgan fingerprint density at radius 1 is 0.917 bits per heavy atom. The molecule has 0 heterocycles. The fraction of sp³-hybridized carbons (Fsp3) is 0.684. The van der Waals surface area contributed by atoms with Crippen LogP contribution in [0.3, 0.4) is 0 Å². The molecule has 0 amide bonds. The third-order valence-electron chi connectivity index (χ3n) is 3.76. The molecule has 5 nitrogen and oxygen atoms in total. The minimum absolute atomic E-state index is 0.0380. The van der Waals surface area contributed by atoms with Crippen LogP contribution in [0.1, 0.15) is 74.1 Å². The maximum Gasteiger partial charge on any atom is 0.228 e. The zero-order valence-electron chi connectivity index (χ0n) is 21.2. The fourth-order valence-electron chi connectivity index (χ4n) is 2.51. The minimum Gasteiger partial charge on any atom is -0.489 e. The molecule has 0 unspecified atom stereocenters. The highest BCUT2D eigenvalue weighted by molar-refractivity contribution is 6.23. The van der Waals surface area contributed by atoms with Gasteiger partial charge in [-0.25, -0.2) is 0 Å². The van der Waals surface area contributed by atoms with Crippen molar-refractivity contribution in [1.82, 2.24) is 0 Å². The van der Waals surface area contributed by atoms with Gasteiger partial charge in [0.15, 0.2) is 0 Å². The normalized spacial score (nSPS) is 21.4. The first-order valence-corrected chi connectivity index (χ1v) is 8.01. The number of hydrogen-bond acceptors (Lipinski definition) is 5. The molecule has 0 radical (unpaired) electrons. The Hall–Kier alpha value is -1.62. The van der Waals surface area contributed by atoms with Crippen LogP contribution in [0.15, 0.2) is 22.7 Å². The molecule has 0 spiro atoms. The van der Waals surface area contributed by atoms with E-state index in [1.165, 1.54) is 7.11 Å². The third kappa shape index (κ3) is 5.48. The van der Waals surface area contributed by atoms with Crippen molar-refractivity contribution in [3.63, 3.8) is 0 Å². The zero-order chi connectivity index (χ0) is 24.0. The molecule has 5 heteroatoms. The summed E-state index contributed by atoms with van der Waals surface area (Å²) in [4.78, 5) is 25.3. The number of Topliss-reactive ketones (excluding diaryl/α,β-unsaturated/α-hetero) is 2. The van der Waals surface area contributed by atoms with Crippen molar-refractivity contribution in [2.75, 3.05) is 20.8 Å². The van der Waals surface area contributed by atoms with E-state index in [1.807, 2.05) is 0 Å². The summed E-state index contributed by atoms with van der Waals surface area (Å²) >= 11 is 0. The van der Waals surface area contributed by atoms with E-state index >= 15 is 0 Å². The molecule has 0 saturated heterocycles. The van der Waals surface area contributed by atoms with E-state index in [2.05, 4.69) is 0 Å². The lowest BCUT2D eigenvalue weighted by atomic mass is 9.89. The van der Waals surface area contributed by atoms with Gasteiger partial charge in [-0.3, -0.25) is 9.59 Å². The second-order valence-electron chi connectivity index (χ2n) is 5.36. The van der Waals surface area contributed by atoms with E-state index in [-0.39, 0.29) is 24.2 Å². The molecule has 0 aromatic carbocycles. The molecule has 1 rings (SSSR count). The van der Waals surface area contributed by atoms with Crippen LogP contribution in [0.4, 0.5) is 0 Å². The first kappa shape index (κ1) is 11.9. The summed E-state index contributed by atoms with van der Waals surface area (Å²) in [6.07, 6.45) is -1.68. The van der Waals surface area contributed by atoms with Crippen LogP contribution < -0.4 is 0 Å². The molecule has 24 heavy (non-hydrogen) atoms. The molecule has 0 atom stereocenters.